The van der Waals surface area contributed by atoms with Gasteiger partial charge in [-0.3, -0.25) is 0 Å². The first-order valence-electron chi connectivity index (χ1n) is 4.52. The summed E-state index contributed by atoms with van der Waals surface area (Å²) in [6.45, 7) is 2.90. The summed E-state index contributed by atoms with van der Waals surface area (Å²) < 4.78 is 6.48. The molecule has 1 heterocycles. The van der Waals surface area contributed by atoms with Gasteiger partial charge in [0.2, 0.25) is 0 Å². The van der Waals surface area contributed by atoms with Gasteiger partial charge in [-0.15, -0.1) is 0 Å². The number of halogens is 1. The van der Waals surface area contributed by atoms with Gasteiger partial charge in [0.25, 0.3) is 0 Å². The second-order valence-corrected chi connectivity index (χ2v) is 4.74. The van der Waals surface area contributed by atoms with Crippen LogP contribution < -0.4 is 12.4 Å². The lowest BCUT2D eigenvalue weighted by molar-refractivity contribution is -0.873. The van der Waals surface area contributed by atoms with E-state index in [1.807, 2.05) is 6.92 Å². The highest BCUT2D eigenvalue weighted by molar-refractivity contribution is 4.78. The minimum Gasteiger partial charge on any atom is -1.00 e. The van der Waals surface area contributed by atoms with Crippen molar-refractivity contribution in [2.24, 2.45) is 0 Å². The second-order valence-electron chi connectivity index (χ2n) is 4.74. The van der Waals surface area contributed by atoms with Crippen molar-refractivity contribution < 1.29 is 32.2 Å². The number of quaternary nitrogens is 1. The quantitative estimate of drug-likeness (QED) is 0.496. The van der Waals surface area contributed by atoms with Crippen LogP contribution in [0.25, 0.3) is 0 Å². The fraction of sp³-hybridized carbons (Fsp3) is 1.00. The minimum absolute atomic E-state index is 0. The zero-order chi connectivity index (χ0) is 9.35. The van der Waals surface area contributed by atoms with Crippen LogP contribution in [0.4, 0.5) is 0 Å². The highest BCUT2D eigenvalue weighted by Crippen LogP contribution is 2.21. The van der Waals surface area contributed by atoms with Crippen LogP contribution in [-0.4, -0.2) is 61.1 Å². The topological polar surface area (TPSA) is 61.0 Å². The SMILES string of the molecule is CC1OC(C[N+](C)(C)C)CC1O.O.[Cl-]. The summed E-state index contributed by atoms with van der Waals surface area (Å²) in [5, 5.41) is 9.43. The maximum atomic E-state index is 9.43. The zero-order valence-corrected chi connectivity index (χ0v) is 10.1. The molecule has 0 aromatic heterocycles. The summed E-state index contributed by atoms with van der Waals surface area (Å²) in [5.41, 5.74) is 0. The molecule has 3 unspecified atom stereocenters. The molecule has 0 aromatic carbocycles. The van der Waals surface area contributed by atoms with E-state index in [2.05, 4.69) is 21.1 Å². The van der Waals surface area contributed by atoms with E-state index in [4.69, 9.17) is 4.74 Å². The average molecular weight is 228 g/mol. The van der Waals surface area contributed by atoms with Crippen molar-refractivity contribution in [3.05, 3.63) is 0 Å². The third kappa shape index (κ3) is 5.12. The molecule has 1 saturated heterocycles. The van der Waals surface area contributed by atoms with Crippen LogP contribution in [0.15, 0.2) is 0 Å². The largest absolute Gasteiger partial charge is 1.00 e. The fourth-order valence-corrected chi connectivity index (χ4v) is 1.64. The van der Waals surface area contributed by atoms with Gasteiger partial charge in [0.1, 0.15) is 12.6 Å². The van der Waals surface area contributed by atoms with Gasteiger partial charge in [0.05, 0.1) is 33.4 Å². The number of nitrogens with zero attached hydrogens (tertiary/aromatic N) is 1. The minimum atomic E-state index is -0.262. The Labute approximate surface area is 92.2 Å². The number of likely N-dealkylation sites (N-methyl/N-ethyl adjacent to an activating group) is 1. The van der Waals surface area contributed by atoms with Gasteiger partial charge in [0.15, 0.2) is 0 Å². The van der Waals surface area contributed by atoms with Gasteiger partial charge < -0.3 is 32.2 Å². The summed E-state index contributed by atoms with van der Waals surface area (Å²) in [6, 6.07) is 0. The third-order valence-corrected chi connectivity index (χ3v) is 2.20. The van der Waals surface area contributed by atoms with Crippen LogP contribution in [-0.2, 0) is 4.74 Å². The maximum Gasteiger partial charge on any atom is 0.109 e. The van der Waals surface area contributed by atoms with Crippen molar-refractivity contribution in [2.75, 3.05) is 27.7 Å². The molecular formula is C9H22ClNO3. The molecule has 88 valence electrons. The van der Waals surface area contributed by atoms with Gasteiger partial charge in [-0.2, -0.15) is 0 Å². The number of ether oxygens (including phenoxy) is 1. The summed E-state index contributed by atoms with van der Waals surface area (Å²) >= 11 is 0. The van der Waals surface area contributed by atoms with Crippen LogP contribution in [0.2, 0.25) is 0 Å². The Morgan fingerprint density at radius 1 is 1.36 bits per heavy atom. The Hall–Kier alpha value is 0.130. The van der Waals surface area contributed by atoms with E-state index >= 15 is 0 Å². The zero-order valence-electron chi connectivity index (χ0n) is 9.33. The van der Waals surface area contributed by atoms with Gasteiger partial charge in [0, 0.05) is 6.42 Å². The molecule has 0 saturated carbocycles. The lowest BCUT2D eigenvalue weighted by Crippen LogP contribution is -3.00. The molecule has 1 aliphatic heterocycles. The average Bonchev–Trinajstić information content (AvgIpc) is 2.07. The van der Waals surface area contributed by atoms with Gasteiger partial charge in [-0.1, -0.05) is 0 Å². The molecule has 1 rings (SSSR count). The predicted molar refractivity (Wildman–Crippen MR) is 51.5 cm³/mol. The Balaban J connectivity index is 0. The third-order valence-electron chi connectivity index (χ3n) is 2.20. The van der Waals surface area contributed by atoms with E-state index in [0.717, 1.165) is 17.4 Å². The number of hydrogen-bond donors (Lipinski definition) is 1. The molecule has 14 heavy (non-hydrogen) atoms. The van der Waals surface area contributed by atoms with E-state index in [1.165, 1.54) is 0 Å². The first kappa shape index (κ1) is 16.6. The van der Waals surface area contributed by atoms with E-state index in [1.54, 1.807) is 0 Å². The van der Waals surface area contributed by atoms with E-state index < -0.39 is 0 Å². The van der Waals surface area contributed by atoms with Crippen LogP contribution >= 0.6 is 0 Å². The molecule has 0 bridgehead atoms. The van der Waals surface area contributed by atoms with Crippen molar-refractivity contribution in [1.82, 2.24) is 0 Å². The van der Waals surface area contributed by atoms with Crippen molar-refractivity contribution in [3.63, 3.8) is 0 Å². The summed E-state index contributed by atoms with van der Waals surface area (Å²) in [4.78, 5) is 0. The molecule has 0 radical (unpaired) electrons. The summed E-state index contributed by atoms with van der Waals surface area (Å²) in [6.07, 6.45) is 0.773. The van der Waals surface area contributed by atoms with Gasteiger partial charge in [-0.05, 0) is 6.92 Å². The lowest BCUT2D eigenvalue weighted by atomic mass is 10.1. The fourth-order valence-electron chi connectivity index (χ4n) is 1.64. The molecule has 1 aliphatic rings. The monoisotopic (exact) mass is 227 g/mol. The van der Waals surface area contributed by atoms with E-state index in [9.17, 15) is 5.11 Å². The number of rotatable bonds is 2. The van der Waals surface area contributed by atoms with Crippen molar-refractivity contribution >= 4 is 0 Å². The van der Waals surface area contributed by atoms with E-state index in [-0.39, 0.29) is 36.2 Å². The molecule has 0 spiro atoms. The molecular weight excluding hydrogens is 206 g/mol. The van der Waals surface area contributed by atoms with Crippen molar-refractivity contribution in [1.29, 1.82) is 0 Å². The number of hydrogen-bond acceptors (Lipinski definition) is 2. The molecule has 0 aromatic rings. The highest BCUT2D eigenvalue weighted by atomic mass is 35.5. The Morgan fingerprint density at radius 3 is 2.14 bits per heavy atom. The number of aliphatic hydroxyl groups excluding tert-OH is 1. The Kier molecular flexibility index (Phi) is 6.95. The summed E-state index contributed by atoms with van der Waals surface area (Å²) in [5.74, 6) is 0. The molecule has 3 N–H and O–H groups in total. The van der Waals surface area contributed by atoms with Crippen molar-refractivity contribution in [2.45, 2.75) is 31.7 Å². The smallest absolute Gasteiger partial charge is 0.109 e. The predicted octanol–water partition coefficient (Wildman–Crippen LogP) is -3.59. The van der Waals surface area contributed by atoms with Crippen LogP contribution in [0.1, 0.15) is 13.3 Å². The molecule has 4 nitrogen and oxygen atoms in total. The first-order valence-corrected chi connectivity index (χ1v) is 4.52. The maximum absolute atomic E-state index is 9.43. The van der Waals surface area contributed by atoms with Crippen molar-refractivity contribution in [3.8, 4) is 0 Å². The second kappa shape index (κ2) is 5.88. The number of aliphatic hydroxyl groups is 1. The molecule has 0 amide bonds. The lowest BCUT2D eigenvalue weighted by Gasteiger charge is -2.26. The standard InChI is InChI=1S/C9H20NO2.ClH.H2O/c1-7-9(11)5-8(12-7)6-10(2,3)4;;/h7-9,11H,5-6H2,1-4H3;1H;1H2/q+1;;/p-1. The Morgan fingerprint density at radius 2 is 1.86 bits per heavy atom. The first-order chi connectivity index (χ1) is 5.38. The van der Waals surface area contributed by atoms with Gasteiger partial charge >= 0.3 is 0 Å². The molecule has 3 atom stereocenters. The molecule has 5 heteroatoms. The van der Waals surface area contributed by atoms with E-state index in [0.29, 0.717) is 0 Å². The van der Waals surface area contributed by atoms with Gasteiger partial charge in [-0.25, -0.2) is 0 Å². The van der Waals surface area contributed by atoms with Crippen LogP contribution in [0, 0.1) is 0 Å². The molecule has 0 aliphatic carbocycles. The summed E-state index contributed by atoms with van der Waals surface area (Å²) in [7, 11) is 6.41. The normalized spacial score (nSPS) is 31.9. The highest BCUT2D eigenvalue weighted by Gasteiger charge is 2.33. The van der Waals surface area contributed by atoms with Crippen LogP contribution in [0.3, 0.4) is 0 Å². The van der Waals surface area contributed by atoms with Crippen LogP contribution in [0.5, 0.6) is 0 Å². The Bertz CT molecular complexity index is 151. The molecule has 1 fully saturated rings.